The van der Waals surface area contributed by atoms with Crippen LogP contribution in [0.5, 0.6) is 0 Å². The molecule has 1 aromatic rings. The summed E-state index contributed by atoms with van der Waals surface area (Å²) in [6.45, 7) is 4.65. The standard InChI is InChI=1S/C14H21F2NO/c1-11(2)14(12-6-4-3-5-7-12)17-8-9-18-10-13(15)16/h3-7,11,13-14,17H,8-10H2,1-2H3. The highest BCUT2D eigenvalue weighted by Crippen LogP contribution is 2.20. The summed E-state index contributed by atoms with van der Waals surface area (Å²) < 4.78 is 28.6. The molecule has 0 saturated heterocycles. The molecule has 18 heavy (non-hydrogen) atoms. The fourth-order valence-electron chi connectivity index (χ4n) is 1.86. The van der Waals surface area contributed by atoms with Gasteiger partial charge in [0.1, 0.15) is 6.61 Å². The molecule has 1 aromatic carbocycles. The third-order valence-electron chi connectivity index (χ3n) is 2.68. The number of alkyl halides is 2. The van der Waals surface area contributed by atoms with Gasteiger partial charge in [-0.25, -0.2) is 8.78 Å². The molecule has 0 heterocycles. The van der Waals surface area contributed by atoms with Gasteiger partial charge in [0.15, 0.2) is 0 Å². The monoisotopic (exact) mass is 257 g/mol. The highest BCUT2D eigenvalue weighted by molar-refractivity contribution is 5.19. The first-order valence-corrected chi connectivity index (χ1v) is 6.25. The Labute approximate surface area is 107 Å². The van der Waals surface area contributed by atoms with Crippen molar-refractivity contribution in [2.75, 3.05) is 19.8 Å². The van der Waals surface area contributed by atoms with E-state index in [0.717, 1.165) is 0 Å². The lowest BCUT2D eigenvalue weighted by atomic mass is 9.96. The first-order valence-electron chi connectivity index (χ1n) is 6.25. The van der Waals surface area contributed by atoms with E-state index in [0.29, 0.717) is 19.1 Å². The van der Waals surface area contributed by atoms with Crippen LogP contribution in [0, 0.1) is 5.92 Å². The number of halogens is 2. The van der Waals surface area contributed by atoms with Gasteiger partial charge in [0.25, 0.3) is 6.43 Å². The van der Waals surface area contributed by atoms with Crippen molar-refractivity contribution in [3.63, 3.8) is 0 Å². The molecule has 4 heteroatoms. The molecular formula is C14H21F2NO. The Morgan fingerprint density at radius 2 is 1.83 bits per heavy atom. The lowest BCUT2D eigenvalue weighted by molar-refractivity contribution is 0.0178. The average Bonchev–Trinajstić information content (AvgIpc) is 2.34. The molecule has 0 aromatic heterocycles. The molecule has 0 aliphatic rings. The maximum Gasteiger partial charge on any atom is 0.261 e. The topological polar surface area (TPSA) is 21.3 Å². The maximum atomic E-state index is 11.9. The molecular weight excluding hydrogens is 236 g/mol. The van der Waals surface area contributed by atoms with E-state index in [9.17, 15) is 8.78 Å². The summed E-state index contributed by atoms with van der Waals surface area (Å²) in [5.74, 6) is 0.433. The van der Waals surface area contributed by atoms with Gasteiger partial charge in [-0.1, -0.05) is 44.2 Å². The molecule has 1 rings (SSSR count). The summed E-state index contributed by atoms with van der Waals surface area (Å²) in [5.41, 5.74) is 1.21. The molecule has 1 unspecified atom stereocenters. The van der Waals surface area contributed by atoms with Gasteiger partial charge < -0.3 is 10.1 Å². The van der Waals surface area contributed by atoms with Crippen molar-refractivity contribution in [1.29, 1.82) is 0 Å². The SMILES string of the molecule is CC(C)C(NCCOCC(F)F)c1ccccc1. The molecule has 0 aliphatic carbocycles. The Morgan fingerprint density at radius 3 is 2.39 bits per heavy atom. The van der Waals surface area contributed by atoms with Crippen molar-refractivity contribution in [3.8, 4) is 0 Å². The molecule has 0 amide bonds. The molecule has 0 bridgehead atoms. The summed E-state index contributed by atoms with van der Waals surface area (Å²) in [6.07, 6.45) is -2.39. The van der Waals surface area contributed by atoms with Gasteiger partial charge in [0.2, 0.25) is 0 Å². The van der Waals surface area contributed by atoms with E-state index < -0.39 is 13.0 Å². The minimum atomic E-state index is -2.39. The van der Waals surface area contributed by atoms with E-state index in [1.165, 1.54) is 5.56 Å². The zero-order chi connectivity index (χ0) is 13.4. The summed E-state index contributed by atoms with van der Waals surface area (Å²) in [5, 5.41) is 3.34. The predicted molar refractivity (Wildman–Crippen MR) is 68.8 cm³/mol. The van der Waals surface area contributed by atoms with Crippen LogP contribution in [-0.4, -0.2) is 26.2 Å². The molecule has 0 aliphatic heterocycles. The summed E-state index contributed by atoms with van der Waals surface area (Å²) in [7, 11) is 0. The van der Waals surface area contributed by atoms with Gasteiger partial charge in [0, 0.05) is 12.6 Å². The summed E-state index contributed by atoms with van der Waals surface area (Å²) >= 11 is 0. The summed E-state index contributed by atoms with van der Waals surface area (Å²) in [6, 6.07) is 10.3. The van der Waals surface area contributed by atoms with Crippen molar-refractivity contribution in [3.05, 3.63) is 35.9 Å². The highest BCUT2D eigenvalue weighted by Gasteiger charge is 2.14. The Morgan fingerprint density at radius 1 is 1.17 bits per heavy atom. The third-order valence-corrected chi connectivity index (χ3v) is 2.68. The molecule has 0 radical (unpaired) electrons. The second-order valence-corrected chi connectivity index (χ2v) is 4.55. The van der Waals surface area contributed by atoms with E-state index in [2.05, 4.69) is 31.3 Å². The van der Waals surface area contributed by atoms with Crippen LogP contribution in [0.3, 0.4) is 0 Å². The molecule has 1 atom stereocenters. The second-order valence-electron chi connectivity index (χ2n) is 4.55. The van der Waals surface area contributed by atoms with Gasteiger partial charge in [-0.2, -0.15) is 0 Å². The van der Waals surface area contributed by atoms with E-state index in [1.807, 2.05) is 18.2 Å². The van der Waals surface area contributed by atoms with Crippen LogP contribution in [0.25, 0.3) is 0 Å². The predicted octanol–water partition coefficient (Wildman–Crippen LogP) is 3.26. The largest absolute Gasteiger partial charge is 0.374 e. The number of rotatable bonds is 8. The number of nitrogens with one attached hydrogen (secondary N) is 1. The van der Waals surface area contributed by atoms with Crippen molar-refractivity contribution < 1.29 is 13.5 Å². The minimum Gasteiger partial charge on any atom is -0.374 e. The lowest BCUT2D eigenvalue weighted by Gasteiger charge is -2.23. The van der Waals surface area contributed by atoms with Crippen molar-refractivity contribution in [1.82, 2.24) is 5.32 Å². The van der Waals surface area contributed by atoms with Gasteiger partial charge in [-0.15, -0.1) is 0 Å². The minimum absolute atomic E-state index is 0.223. The first kappa shape index (κ1) is 15.1. The number of ether oxygens (including phenoxy) is 1. The van der Waals surface area contributed by atoms with Gasteiger partial charge in [-0.3, -0.25) is 0 Å². The van der Waals surface area contributed by atoms with Gasteiger partial charge in [0.05, 0.1) is 6.61 Å². The molecule has 102 valence electrons. The average molecular weight is 257 g/mol. The van der Waals surface area contributed by atoms with E-state index in [-0.39, 0.29) is 6.04 Å². The Kier molecular flexibility index (Phi) is 6.83. The molecule has 0 saturated carbocycles. The van der Waals surface area contributed by atoms with Crippen LogP contribution in [0.4, 0.5) is 8.78 Å². The summed E-state index contributed by atoms with van der Waals surface area (Å²) in [4.78, 5) is 0. The second kappa shape index (κ2) is 8.16. The van der Waals surface area contributed by atoms with E-state index in [1.54, 1.807) is 0 Å². The fourth-order valence-corrected chi connectivity index (χ4v) is 1.86. The van der Waals surface area contributed by atoms with Gasteiger partial charge >= 0.3 is 0 Å². The molecule has 1 N–H and O–H groups in total. The zero-order valence-electron chi connectivity index (χ0n) is 10.9. The lowest BCUT2D eigenvalue weighted by Crippen LogP contribution is -2.29. The third kappa shape index (κ3) is 5.56. The fraction of sp³-hybridized carbons (Fsp3) is 0.571. The van der Waals surface area contributed by atoms with Crippen LogP contribution in [0.2, 0.25) is 0 Å². The highest BCUT2D eigenvalue weighted by atomic mass is 19.3. The maximum absolute atomic E-state index is 11.9. The van der Waals surface area contributed by atoms with Crippen molar-refractivity contribution >= 4 is 0 Å². The van der Waals surface area contributed by atoms with Gasteiger partial charge in [-0.05, 0) is 11.5 Å². The van der Waals surface area contributed by atoms with Crippen LogP contribution in [-0.2, 0) is 4.74 Å². The van der Waals surface area contributed by atoms with Crippen LogP contribution in [0.1, 0.15) is 25.5 Å². The Balaban J connectivity index is 2.36. The molecule has 0 fully saturated rings. The zero-order valence-corrected chi connectivity index (χ0v) is 10.9. The van der Waals surface area contributed by atoms with E-state index >= 15 is 0 Å². The number of hydrogen-bond donors (Lipinski definition) is 1. The molecule has 0 spiro atoms. The number of hydrogen-bond acceptors (Lipinski definition) is 2. The quantitative estimate of drug-likeness (QED) is 0.722. The van der Waals surface area contributed by atoms with Crippen molar-refractivity contribution in [2.45, 2.75) is 26.3 Å². The number of benzene rings is 1. The first-order chi connectivity index (χ1) is 8.61. The van der Waals surface area contributed by atoms with Crippen LogP contribution < -0.4 is 5.32 Å². The van der Waals surface area contributed by atoms with Crippen molar-refractivity contribution in [2.24, 2.45) is 5.92 Å². The van der Waals surface area contributed by atoms with Crippen LogP contribution >= 0.6 is 0 Å². The van der Waals surface area contributed by atoms with Crippen LogP contribution in [0.15, 0.2) is 30.3 Å². The Bertz CT molecular complexity index is 317. The Hall–Kier alpha value is -1.00. The normalized spacial score (nSPS) is 13.2. The molecule has 2 nitrogen and oxygen atoms in total. The van der Waals surface area contributed by atoms with E-state index in [4.69, 9.17) is 4.74 Å². The smallest absolute Gasteiger partial charge is 0.261 e.